The van der Waals surface area contributed by atoms with Crippen molar-refractivity contribution < 1.29 is 14.3 Å². The number of hydrogen-bond donors (Lipinski definition) is 0. The van der Waals surface area contributed by atoms with E-state index in [1.54, 1.807) is 7.11 Å². The van der Waals surface area contributed by atoms with Crippen molar-refractivity contribution in [1.29, 1.82) is 0 Å². The summed E-state index contributed by atoms with van der Waals surface area (Å²) in [4.78, 5) is 10.6. The highest BCUT2D eigenvalue weighted by atomic mass is 16.7. The summed E-state index contributed by atoms with van der Waals surface area (Å²) >= 11 is 0. The molecule has 0 aromatic heterocycles. The van der Waals surface area contributed by atoms with E-state index in [0.717, 1.165) is 19.1 Å². The smallest absolute Gasteiger partial charge is 0.188 e. The molecule has 0 aromatic rings. The van der Waals surface area contributed by atoms with E-state index in [2.05, 4.69) is 6.92 Å². The second kappa shape index (κ2) is 13.2. The normalized spacial score (nSPS) is 11.5. The quantitative estimate of drug-likeness (QED) is 0.171. The van der Waals surface area contributed by atoms with Crippen LogP contribution in [0, 0.1) is 0 Å². The van der Waals surface area contributed by atoms with E-state index >= 15 is 0 Å². The summed E-state index contributed by atoms with van der Waals surface area (Å²) in [6.07, 6.45) is 12.5. The number of allylic oxidation sites excluding steroid dienone is 2. The van der Waals surface area contributed by atoms with E-state index in [4.69, 9.17) is 9.47 Å². The Kier molecular flexibility index (Phi) is 12.6. The fraction of sp³-hybridized carbons (Fsp3) is 0.786. The van der Waals surface area contributed by atoms with Crippen LogP contribution < -0.4 is 0 Å². The molecule has 0 spiro atoms. The number of aldehydes is 1. The van der Waals surface area contributed by atoms with Crippen LogP contribution in [-0.4, -0.2) is 20.2 Å². The highest BCUT2D eigenvalue weighted by molar-refractivity contribution is 5.69. The minimum atomic E-state index is 0.140. The fourth-order valence-electron chi connectivity index (χ4n) is 1.61. The van der Waals surface area contributed by atoms with Crippen LogP contribution >= 0.6 is 0 Å². The van der Waals surface area contributed by atoms with Gasteiger partial charge in [0.2, 0.25) is 0 Å². The molecule has 17 heavy (non-hydrogen) atoms. The zero-order valence-corrected chi connectivity index (χ0v) is 11.2. The Morgan fingerprint density at radius 1 is 1.06 bits per heavy atom. The van der Waals surface area contributed by atoms with Crippen molar-refractivity contribution in [3.8, 4) is 0 Å². The maximum Gasteiger partial charge on any atom is 0.188 e. The summed E-state index contributed by atoms with van der Waals surface area (Å²) in [5, 5.41) is 0. The number of carbonyl (C=O) groups is 1. The van der Waals surface area contributed by atoms with Crippen molar-refractivity contribution >= 4 is 6.29 Å². The second-order valence-corrected chi connectivity index (χ2v) is 4.19. The Balaban J connectivity index is 3.39. The van der Waals surface area contributed by atoms with Gasteiger partial charge in [0, 0.05) is 7.11 Å². The summed E-state index contributed by atoms with van der Waals surface area (Å²) in [6, 6.07) is 0. The van der Waals surface area contributed by atoms with E-state index in [-0.39, 0.29) is 6.79 Å². The monoisotopic (exact) mass is 242 g/mol. The minimum Gasteiger partial charge on any atom is -0.464 e. The lowest BCUT2D eigenvalue weighted by molar-refractivity contribution is -0.110. The molecule has 0 aliphatic carbocycles. The Morgan fingerprint density at radius 2 is 1.71 bits per heavy atom. The van der Waals surface area contributed by atoms with E-state index in [9.17, 15) is 4.79 Å². The van der Waals surface area contributed by atoms with Crippen LogP contribution in [0.1, 0.15) is 58.3 Å². The van der Waals surface area contributed by atoms with Crippen molar-refractivity contribution in [2.24, 2.45) is 0 Å². The molecule has 0 heterocycles. The molecule has 0 radical (unpaired) electrons. The number of methoxy groups -OCH3 is 1. The molecule has 0 atom stereocenters. The molecule has 0 fully saturated rings. The first-order chi connectivity index (χ1) is 8.35. The molecule has 0 aliphatic rings. The van der Waals surface area contributed by atoms with Crippen LogP contribution in [0.15, 0.2) is 11.8 Å². The van der Waals surface area contributed by atoms with Gasteiger partial charge < -0.3 is 9.47 Å². The maximum atomic E-state index is 10.6. The van der Waals surface area contributed by atoms with Gasteiger partial charge in [0.1, 0.15) is 0 Å². The van der Waals surface area contributed by atoms with Gasteiger partial charge in [-0.25, -0.2) is 0 Å². The van der Waals surface area contributed by atoms with E-state index < -0.39 is 0 Å². The largest absolute Gasteiger partial charge is 0.464 e. The molecule has 0 saturated carbocycles. The predicted molar refractivity (Wildman–Crippen MR) is 69.7 cm³/mol. The van der Waals surface area contributed by atoms with Gasteiger partial charge in [0.25, 0.3) is 0 Å². The van der Waals surface area contributed by atoms with E-state index in [1.165, 1.54) is 38.5 Å². The maximum absolute atomic E-state index is 10.6. The summed E-state index contributed by atoms with van der Waals surface area (Å²) in [6.45, 7) is 2.37. The first-order valence-electron chi connectivity index (χ1n) is 6.62. The Labute approximate surface area is 105 Å². The van der Waals surface area contributed by atoms with Crippen LogP contribution in [0.3, 0.4) is 0 Å². The Bertz CT molecular complexity index is 200. The van der Waals surface area contributed by atoms with Gasteiger partial charge in [-0.2, -0.15) is 0 Å². The fourth-order valence-corrected chi connectivity index (χ4v) is 1.61. The molecule has 0 rings (SSSR count). The van der Waals surface area contributed by atoms with Gasteiger partial charge >= 0.3 is 0 Å². The van der Waals surface area contributed by atoms with Crippen molar-refractivity contribution in [2.75, 3.05) is 13.9 Å². The molecule has 0 aromatic carbocycles. The molecule has 0 N–H and O–H groups in total. The van der Waals surface area contributed by atoms with E-state index in [0.29, 0.717) is 5.76 Å². The standard InChI is InChI=1S/C14H26O3/c1-3-4-5-6-7-8-9-10-11-14(12-15)17-13-16-2/h11-12H,3-10,13H2,1-2H3/b14-11+. The van der Waals surface area contributed by atoms with Crippen molar-refractivity contribution in [2.45, 2.75) is 58.3 Å². The molecule has 0 aliphatic heterocycles. The third kappa shape index (κ3) is 11.4. The van der Waals surface area contributed by atoms with Crippen LogP contribution in [-0.2, 0) is 14.3 Å². The molecule has 0 saturated heterocycles. The van der Waals surface area contributed by atoms with Gasteiger partial charge in [-0.15, -0.1) is 0 Å². The summed E-state index contributed by atoms with van der Waals surface area (Å²) in [5.74, 6) is 0.387. The first kappa shape index (κ1) is 16.2. The Morgan fingerprint density at radius 3 is 2.29 bits per heavy atom. The van der Waals surface area contributed by atoms with Crippen molar-refractivity contribution in [1.82, 2.24) is 0 Å². The molecule has 3 heteroatoms. The van der Waals surface area contributed by atoms with Gasteiger partial charge in [-0.1, -0.05) is 45.4 Å². The molecule has 0 unspecified atom stereocenters. The average Bonchev–Trinajstić information content (AvgIpc) is 2.36. The van der Waals surface area contributed by atoms with Crippen molar-refractivity contribution in [3.05, 3.63) is 11.8 Å². The lowest BCUT2D eigenvalue weighted by Crippen LogP contribution is -1.97. The third-order valence-corrected chi connectivity index (χ3v) is 2.61. The van der Waals surface area contributed by atoms with Gasteiger partial charge in [-0.05, 0) is 18.9 Å². The summed E-state index contributed by atoms with van der Waals surface area (Å²) < 4.78 is 9.81. The van der Waals surface area contributed by atoms with Gasteiger partial charge in [-0.3, -0.25) is 4.79 Å². The van der Waals surface area contributed by atoms with Crippen LogP contribution in [0.5, 0.6) is 0 Å². The second-order valence-electron chi connectivity index (χ2n) is 4.19. The van der Waals surface area contributed by atoms with E-state index in [1.807, 2.05) is 6.08 Å². The first-order valence-corrected chi connectivity index (χ1v) is 6.62. The number of rotatable bonds is 12. The van der Waals surface area contributed by atoms with Gasteiger partial charge in [0.15, 0.2) is 18.8 Å². The van der Waals surface area contributed by atoms with Crippen LogP contribution in [0.2, 0.25) is 0 Å². The highest BCUT2D eigenvalue weighted by Crippen LogP contribution is 2.09. The molecule has 0 amide bonds. The molecule has 100 valence electrons. The third-order valence-electron chi connectivity index (χ3n) is 2.61. The minimum absolute atomic E-state index is 0.140. The molecular weight excluding hydrogens is 216 g/mol. The lowest BCUT2D eigenvalue weighted by Gasteiger charge is -2.03. The molecule has 3 nitrogen and oxygen atoms in total. The number of hydrogen-bond acceptors (Lipinski definition) is 3. The van der Waals surface area contributed by atoms with Crippen LogP contribution in [0.4, 0.5) is 0 Å². The van der Waals surface area contributed by atoms with Gasteiger partial charge in [0.05, 0.1) is 0 Å². The SMILES string of the molecule is CCCCCCCCC/C=C(\C=O)OCOC. The highest BCUT2D eigenvalue weighted by Gasteiger charge is 1.95. The number of ether oxygens (including phenoxy) is 2. The zero-order valence-electron chi connectivity index (χ0n) is 11.2. The summed E-state index contributed by atoms with van der Waals surface area (Å²) in [5.41, 5.74) is 0. The number of carbonyl (C=O) groups excluding carboxylic acids is 1. The molecular formula is C14H26O3. The zero-order chi connectivity index (χ0) is 12.8. The van der Waals surface area contributed by atoms with Crippen LogP contribution in [0.25, 0.3) is 0 Å². The summed E-state index contributed by atoms with van der Waals surface area (Å²) in [7, 11) is 1.54. The average molecular weight is 242 g/mol. The lowest BCUT2D eigenvalue weighted by atomic mass is 10.1. The van der Waals surface area contributed by atoms with Crippen molar-refractivity contribution in [3.63, 3.8) is 0 Å². The predicted octanol–water partition coefficient (Wildman–Crippen LogP) is 3.83. The molecule has 0 bridgehead atoms. The number of unbranched alkanes of at least 4 members (excludes halogenated alkanes) is 7. The topological polar surface area (TPSA) is 35.5 Å². The Hall–Kier alpha value is -0.830.